The first-order chi connectivity index (χ1) is 8.63. The van der Waals surface area contributed by atoms with Crippen LogP contribution in [0.1, 0.15) is 32.6 Å². The SMILES string of the molecule is CCCCOCC(O)CN1CCCC(N(C)C)C1. The van der Waals surface area contributed by atoms with Gasteiger partial charge in [-0.2, -0.15) is 0 Å². The van der Waals surface area contributed by atoms with Gasteiger partial charge in [0.25, 0.3) is 0 Å². The quantitative estimate of drug-likeness (QED) is 0.664. The van der Waals surface area contributed by atoms with Gasteiger partial charge < -0.3 is 14.7 Å². The number of likely N-dealkylation sites (N-methyl/N-ethyl adjacent to an activating group) is 1. The summed E-state index contributed by atoms with van der Waals surface area (Å²) in [6, 6.07) is 0.631. The van der Waals surface area contributed by atoms with E-state index in [1.807, 2.05) is 0 Å². The predicted octanol–water partition coefficient (Wildman–Crippen LogP) is 1.19. The Hall–Kier alpha value is -0.160. The summed E-state index contributed by atoms with van der Waals surface area (Å²) < 4.78 is 5.46. The maximum absolute atomic E-state index is 9.95. The number of aliphatic hydroxyl groups excluding tert-OH is 1. The van der Waals surface area contributed by atoms with E-state index in [9.17, 15) is 5.11 Å². The molecule has 2 atom stereocenters. The summed E-state index contributed by atoms with van der Waals surface area (Å²) >= 11 is 0. The highest BCUT2D eigenvalue weighted by molar-refractivity contribution is 4.79. The molecule has 2 unspecified atom stereocenters. The molecule has 1 rings (SSSR count). The summed E-state index contributed by atoms with van der Waals surface area (Å²) in [5.74, 6) is 0. The maximum Gasteiger partial charge on any atom is 0.0900 e. The lowest BCUT2D eigenvalue weighted by Crippen LogP contribution is -2.47. The highest BCUT2D eigenvalue weighted by atomic mass is 16.5. The number of β-amino-alcohol motifs (C(OH)–C–C–N with tert-alkyl or cyclic N) is 1. The van der Waals surface area contributed by atoms with E-state index in [0.29, 0.717) is 12.6 Å². The van der Waals surface area contributed by atoms with E-state index in [1.165, 1.54) is 12.8 Å². The maximum atomic E-state index is 9.95. The third kappa shape index (κ3) is 6.14. The number of unbranched alkanes of at least 4 members (excludes halogenated alkanes) is 1. The second-order valence-corrected chi connectivity index (χ2v) is 5.60. The van der Waals surface area contributed by atoms with Crippen molar-refractivity contribution >= 4 is 0 Å². The number of piperidine rings is 1. The minimum atomic E-state index is -0.345. The fraction of sp³-hybridized carbons (Fsp3) is 1.00. The molecule has 0 amide bonds. The minimum Gasteiger partial charge on any atom is -0.389 e. The van der Waals surface area contributed by atoms with Crippen LogP contribution in [0.3, 0.4) is 0 Å². The van der Waals surface area contributed by atoms with Crippen molar-refractivity contribution in [3.05, 3.63) is 0 Å². The Kier molecular flexibility index (Phi) is 7.82. The first kappa shape index (κ1) is 15.9. The molecule has 1 saturated heterocycles. The van der Waals surface area contributed by atoms with Crippen molar-refractivity contribution in [1.82, 2.24) is 9.80 Å². The normalized spacial score (nSPS) is 23.5. The molecule has 0 bridgehead atoms. The summed E-state index contributed by atoms with van der Waals surface area (Å²) in [6.45, 7) is 6.32. The molecule has 1 heterocycles. The second-order valence-electron chi connectivity index (χ2n) is 5.60. The first-order valence-electron chi connectivity index (χ1n) is 7.28. The Bertz CT molecular complexity index is 212. The van der Waals surface area contributed by atoms with E-state index in [0.717, 1.165) is 39.1 Å². The molecule has 0 saturated carbocycles. The predicted molar refractivity (Wildman–Crippen MR) is 74.9 cm³/mol. The van der Waals surface area contributed by atoms with Crippen molar-refractivity contribution in [2.24, 2.45) is 0 Å². The zero-order valence-electron chi connectivity index (χ0n) is 12.3. The molecule has 4 nitrogen and oxygen atoms in total. The summed E-state index contributed by atoms with van der Waals surface area (Å²) in [7, 11) is 4.27. The number of rotatable bonds is 8. The molecule has 0 aromatic carbocycles. The highest BCUT2D eigenvalue weighted by Gasteiger charge is 2.22. The lowest BCUT2D eigenvalue weighted by molar-refractivity contribution is 0.00607. The Labute approximate surface area is 112 Å². The van der Waals surface area contributed by atoms with Gasteiger partial charge in [-0.3, -0.25) is 4.90 Å². The van der Waals surface area contributed by atoms with E-state index in [1.54, 1.807) is 0 Å². The van der Waals surface area contributed by atoms with Gasteiger partial charge in [-0.1, -0.05) is 13.3 Å². The summed E-state index contributed by atoms with van der Waals surface area (Å²) in [6.07, 6.45) is 4.38. The summed E-state index contributed by atoms with van der Waals surface area (Å²) in [4.78, 5) is 4.65. The van der Waals surface area contributed by atoms with E-state index < -0.39 is 0 Å². The number of hydrogen-bond acceptors (Lipinski definition) is 4. The molecule has 0 aromatic rings. The van der Waals surface area contributed by atoms with E-state index in [-0.39, 0.29) is 6.10 Å². The Morgan fingerprint density at radius 2 is 2.22 bits per heavy atom. The van der Waals surface area contributed by atoms with Gasteiger partial charge in [-0.05, 0) is 39.9 Å². The number of aliphatic hydroxyl groups is 1. The lowest BCUT2D eigenvalue weighted by atomic mass is 10.0. The van der Waals surface area contributed by atoms with E-state index in [4.69, 9.17) is 4.74 Å². The van der Waals surface area contributed by atoms with Gasteiger partial charge in [-0.15, -0.1) is 0 Å². The van der Waals surface area contributed by atoms with Crippen LogP contribution >= 0.6 is 0 Å². The molecule has 1 aliphatic heterocycles. The van der Waals surface area contributed by atoms with Crippen molar-refractivity contribution in [3.63, 3.8) is 0 Å². The van der Waals surface area contributed by atoms with Crippen LogP contribution < -0.4 is 0 Å². The fourth-order valence-electron chi connectivity index (χ4n) is 2.43. The van der Waals surface area contributed by atoms with Crippen molar-refractivity contribution in [3.8, 4) is 0 Å². The van der Waals surface area contributed by atoms with Gasteiger partial charge in [-0.25, -0.2) is 0 Å². The zero-order chi connectivity index (χ0) is 13.4. The minimum absolute atomic E-state index is 0.345. The van der Waals surface area contributed by atoms with Crippen LogP contribution in [0.5, 0.6) is 0 Å². The number of ether oxygens (including phenoxy) is 1. The highest BCUT2D eigenvalue weighted by Crippen LogP contribution is 2.13. The van der Waals surface area contributed by atoms with Crippen molar-refractivity contribution in [1.29, 1.82) is 0 Å². The van der Waals surface area contributed by atoms with Crippen LogP contribution in [-0.2, 0) is 4.74 Å². The standard InChI is InChI=1S/C14H30N2O2/c1-4-5-9-18-12-14(17)11-16-8-6-7-13(10-16)15(2)3/h13-14,17H,4-12H2,1-3H3. The van der Waals surface area contributed by atoms with E-state index >= 15 is 0 Å². The van der Waals surface area contributed by atoms with Crippen LogP contribution in [0.4, 0.5) is 0 Å². The Morgan fingerprint density at radius 3 is 2.89 bits per heavy atom. The molecule has 0 aromatic heterocycles. The average Bonchev–Trinajstić information content (AvgIpc) is 2.35. The van der Waals surface area contributed by atoms with Crippen molar-refractivity contribution < 1.29 is 9.84 Å². The van der Waals surface area contributed by atoms with Crippen LogP contribution in [-0.4, -0.2) is 74.0 Å². The fourth-order valence-corrected chi connectivity index (χ4v) is 2.43. The molecule has 1 aliphatic rings. The average molecular weight is 258 g/mol. The van der Waals surface area contributed by atoms with E-state index in [2.05, 4.69) is 30.8 Å². The summed E-state index contributed by atoms with van der Waals surface area (Å²) in [5.41, 5.74) is 0. The largest absolute Gasteiger partial charge is 0.389 e. The molecular weight excluding hydrogens is 228 g/mol. The van der Waals surface area contributed by atoms with Crippen LogP contribution in [0.25, 0.3) is 0 Å². The van der Waals surface area contributed by atoms with Gasteiger partial charge in [0.2, 0.25) is 0 Å². The monoisotopic (exact) mass is 258 g/mol. The number of hydrogen-bond donors (Lipinski definition) is 1. The van der Waals surface area contributed by atoms with Gasteiger partial charge in [0.05, 0.1) is 12.7 Å². The van der Waals surface area contributed by atoms with Crippen molar-refractivity contribution in [2.75, 3.05) is 46.9 Å². The Morgan fingerprint density at radius 1 is 1.44 bits per heavy atom. The number of likely N-dealkylation sites (tertiary alicyclic amines) is 1. The van der Waals surface area contributed by atoms with Crippen LogP contribution in [0.15, 0.2) is 0 Å². The van der Waals surface area contributed by atoms with Gasteiger partial charge in [0.15, 0.2) is 0 Å². The molecule has 4 heteroatoms. The molecule has 1 N–H and O–H groups in total. The molecule has 0 spiro atoms. The smallest absolute Gasteiger partial charge is 0.0900 e. The molecule has 1 fully saturated rings. The second kappa shape index (κ2) is 8.86. The Balaban J connectivity index is 2.16. The third-order valence-corrected chi connectivity index (χ3v) is 3.63. The molecule has 0 radical (unpaired) electrons. The number of nitrogens with zero attached hydrogens (tertiary/aromatic N) is 2. The van der Waals surface area contributed by atoms with Gasteiger partial charge in [0, 0.05) is 25.7 Å². The topological polar surface area (TPSA) is 35.9 Å². The molecule has 18 heavy (non-hydrogen) atoms. The molecule has 108 valence electrons. The van der Waals surface area contributed by atoms with Gasteiger partial charge in [0.1, 0.15) is 0 Å². The summed E-state index contributed by atoms with van der Waals surface area (Å²) in [5, 5.41) is 9.95. The molecular formula is C14H30N2O2. The molecule has 0 aliphatic carbocycles. The lowest BCUT2D eigenvalue weighted by Gasteiger charge is -2.36. The first-order valence-corrected chi connectivity index (χ1v) is 7.28. The zero-order valence-corrected chi connectivity index (χ0v) is 12.3. The van der Waals surface area contributed by atoms with Crippen molar-refractivity contribution in [2.45, 2.75) is 44.8 Å². The third-order valence-electron chi connectivity index (χ3n) is 3.63. The van der Waals surface area contributed by atoms with Gasteiger partial charge >= 0.3 is 0 Å². The van der Waals surface area contributed by atoms with Crippen LogP contribution in [0, 0.1) is 0 Å². The van der Waals surface area contributed by atoms with Crippen LogP contribution in [0.2, 0.25) is 0 Å².